The van der Waals surface area contributed by atoms with Crippen molar-refractivity contribution in [2.45, 2.75) is 38.5 Å². The number of carbonyl (C=O) groups excluding carboxylic acids is 2. The van der Waals surface area contributed by atoms with Crippen molar-refractivity contribution in [1.82, 2.24) is 4.90 Å². The van der Waals surface area contributed by atoms with Gasteiger partial charge in [-0.15, -0.1) is 0 Å². The normalized spacial score (nSPS) is 23.8. The van der Waals surface area contributed by atoms with Crippen molar-refractivity contribution in [3.8, 4) is 0 Å². The van der Waals surface area contributed by atoms with E-state index in [4.69, 9.17) is 15.2 Å². The van der Waals surface area contributed by atoms with Gasteiger partial charge in [-0.05, 0) is 44.0 Å². The molecule has 1 aromatic rings. The molecule has 2 atom stereocenters. The molecule has 0 saturated carbocycles. The molecule has 136 valence electrons. The van der Waals surface area contributed by atoms with Crippen LogP contribution in [0, 0.1) is 0 Å². The van der Waals surface area contributed by atoms with Gasteiger partial charge in [0.15, 0.2) is 0 Å². The van der Waals surface area contributed by atoms with Crippen molar-refractivity contribution in [3.63, 3.8) is 0 Å². The van der Waals surface area contributed by atoms with Crippen LogP contribution in [0.1, 0.15) is 25.3 Å². The van der Waals surface area contributed by atoms with Crippen molar-refractivity contribution in [2.24, 2.45) is 5.73 Å². The highest BCUT2D eigenvalue weighted by molar-refractivity contribution is 5.89. The lowest BCUT2D eigenvalue weighted by Gasteiger charge is -2.24. The Labute approximate surface area is 147 Å². The Hall–Kier alpha value is -2.12. The molecule has 2 unspecified atom stereocenters. The van der Waals surface area contributed by atoms with E-state index in [0.29, 0.717) is 26.2 Å². The third kappa shape index (κ3) is 3.93. The maximum Gasteiger partial charge on any atom is 0.414 e. The molecule has 0 aromatic heterocycles. The van der Waals surface area contributed by atoms with Crippen LogP contribution in [0.25, 0.3) is 0 Å². The molecule has 7 heteroatoms. The molecule has 2 aliphatic heterocycles. The molecule has 3 rings (SSSR count). The third-order valence-corrected chi connectivity index (χ3v) is 4.72. The number of hydrogen-bond acceptors (Lipinski definition) is 6. The number of nitrogens with two attached hydrogens (primary N) is 1. The van der Waals surface area contributed by atoms with Gasteiger partial charge in [-0.25, -0.2) is 4.79 Å². The zero-order chi connectivity index (χ0) is 17.8. The molecule has 1 amide bonds. The minimum Gasteiger partial charge on any atom is -0.465 e. The number of likely N-dealkylation sites (tertiary alicyclic amines) is 1. The maximum atomic E-state index is 12.2. The van der Waals surface area contributed by atoms with Crippen LogP contribution in [0.3, 0.4) is 0 Å². The van der Waals surface area contributed by atoms with E-state index in [9.17, 15) is 9.59 Å². The highest BCUT2D eigenvalue weighted by atomic mass is 16.6. The van der Waals surface area contributed by atoms with Gasteiger partial charge >= 0.3 is 12.1 Å². The van der Waals surface area contributed by atoms with Crippen LogP contribution in [0.4, 0.5) is 10.5 Å². The number of nitrogens with zero attached hydrogens (tertiary/aromatic N) is 2. The summed E-state index contributed by atoms with van der Waals surface area (Å²) in [6.07, 6.45) is 1.15. The number of cyclic esters (lactones) is 1. The van der Waals surface area contributed by atoms with Crippen molar-refractivity contribution in [3.05, 3.63) is 29.8 Å². The molecule has 0 radical (unpaired) electrons. The molecule has 7 nitrogen and oxygen atoms in total. The van der Waals surface area contributed by atoms with Crippen molar-refractivity contribution in [1.29, 1.82) is 0 Å². The zero-order valence-corrected chi connectivity index (χ0v) is 14.5. The van der Waals surface area contributed by atoms with Gasteiger partial charge in [-0.1, -0.05) is 12.1 Å². The predicted molar refractivity (Wildman–Crippen MR) is 93.2 cm³/mol. The molecule has 2 heterocycles. The quantitative estimate of drug-likeness (QED) is 0.785. The lowest BCUT2D eigenvalue weighted by atomic mass is 10.2. The molecule has 0 bridgehead atoms. The monoisotopic (exact) mass is 347 g/mol. The Morgan fingerprint density at radius 3 is 2.80 bits per heavy atom. The summed E-state index contributed by atoms with van der Waals surface area (Å²) in [6.45, 7) is 4.51. The number of esters is 1. The Kier molecular flexibility index (Phi) is 5.55. The Morgan fingerprint density at radius 2 is 2.12 bits per heavy atom. The second-order valence-electron chi connectivity index (χ2n) is 6.39. The second kappa shape index (κ2) is 7.84. The van der Waals surface area contributed by atoms with Crippen LogP contribution in [0.5, 0.6) is 0 Å². The maximum absolute atomic E-state index is 12.2. The first-order valence-electron chi connectivity index (χ1n) is 8.80. The topological polar surface area (TPSA) is 85.1 Å². The molecular formula is C18H25N3O4. The Bertz CT molecular complexity index is 619. The van der Waals surface area contributed by atoms with E-state index in [2.05, 4.69) is 4.90 Å². The van der Waals surface area contributed by atoms with E-state index >= 15 is 0 Å². The molecule has 2 saturated heterocycles. The minimum absolute atomic E-state index is 0.182. The second-order valence-corrected chi connectivity index (χ2v) is 6.39. The number of ether oxygens (including phenoxy) is 2. The van der Waals surface area contributed by atoms with Crippen LogP contribution in [-0.2, 0) is 20.8 Å². The molecule has 2 fully saturated rings. The summed E-state index contributed by atoms with van der Waals surface area (Å²) in [7, 11) is 0. The molecule has 0 aliphatic carbocycles. The first-order valence-corrected chi connectivity index (χ1v) is 8.80. The summed E-state index contributed by atoms with van der Waals surface area (Å²) in [5, 5.41) is 0. The van der Waals surface area contributed by atoms with Gasteiger partial charge in [-0.3, -0.25) is 14.6 Å². The standard InChI is InChI=1S/C18H25N3O4/c1-2-24-17(22)16-4-3-9-20(16)11-15-12-21(18(23)25-15)14-7-5-13(10-19)6-8-14/h5-8,15-16H,2-4,9-12,19H2,1H3. The Balaban J connectivity index is 1.61. The number of anilines is 1. The van der Waals surface area contributed by atoms with Gasteiger partial charge in [0.1, 0.15) is 12.1 Å². The van der Waals surface area contributed by atoms with Gasteiger partial charge < -0.3 is 15.2 Å². The number of benzene rings is 1. The van der Waals surface area contributed by atoms with E-state index in [1.807, 2.05) is 31.2 Å². The average molecular weight is 347 g/mol. The van der Waals surface area contributed by atoms with Crippen LogP contribution >= 0.6 is 0 Å². The van der Waals surface area contributed by atoms with E-state index in [1.54, 1.807) is 4.90 Å². The summed E-state index contributed by atoms with van der Waals surface area (Å²) in [5.74, 6) is -0.182. The van der Waals surface area contributed by atoms with E-state index in [0.717, 1.165) is 30.6 Å². The lowest BCUT2D eigenvalue weighted by Crippen LogP contribution is -2.42. The van der Waals surface area contributed by atoms with Crippen LogP contribution in [0.2, 0.25) is 0 Å². The van der Waals surface area contributed by atoms with E-state index in [1.165, 1.54) is 0 Å². The first-order chi connectivity index (χ1) is 12.1. The average Bonchev–Trinajstić information content (AvgIpc) is 3.22. The summed E-state index contributed by atoms with van der Waals surface area (Å²) in [5.41, 5.74) is 7.42. The fraction of sp³-hybridized carbons (Fsp3) is 0.556. The third-order valence-electron chi connectivity index (χ3n) is 4.72. The summed E-state index contributed by atoms with van der Waals surface area (Å²) in [6, 6.07) is 7.35. The number of rotatable bonds is 6. The van der Waals surface area contributed by atoms with E-state index in [-0.39, 0.29) is 24.2 Å². The van der Waals surface area contributed by atoms with Gasteiger partial charge in [0.25, 0.3) is 0 Å². The molecule has 2 aliphatic rings. The van der Waals surface area contributed by atoms with Gasteiger partial charge in [0, 0.05) is 18.8 Å². The molecule has 25 heavy (non-hydrogen) atoms. The Morgan fingerprint density at radius 1 is 1.36 bits per heavy atom. The minimum atomic E-state index is -0.350. The highest BCUT2D eigenvalue weighted by Gasteiger charge is 2.38. The van der Waals surface area contributed by atoms with Gasteiger partial charge in [0.2, 0.25) is 0 Å². The van der Waals surface area contributed by atoms with Gasteiger partial charge in [0.05, 0.1) is 13.2 Å². The van der Waals surface area contributed by atoms with Crippen molar-refractivity contribution in [2.75, 3.05) is 31.1 Å². The number of carbonyl (C=O) groups is 2. The summed E-state index contributed by atoms with van der Waals surface area (Å²) in [4.78, 5) is 27.9. The summed E-state index contributed by atoms with van der Waals surface area (Å²) < 4.78 is 10.6. The van der Waals surface area contributed by atoms with Crippen LogP contribution in [0.15, 0.2) is 24.3 Å². The molecule has 1 aromatic carbocycles. The van der Waals surface area contributed by atoms with Crippen LogP contribution in [-0.4, -0.2) is 55.3 Å². The molecular weight excluding hydrogens is 322 g/mol. The number of amides is 1. The fourth-order valence-corrected chi connectivity index (χ4v) is 3.45. The smallest absolute Gasteiger partial charge is 0.414 e. The van der Waals surface area contributed by atoms with Crippen LogP contribution < -0.4 is 10.6 Å². The largest absolute Gasteiger partial charge is 0.465 e. The molecule has 2 N–H and O–H groups in total. The van der Waals surface area contributed by atoms with E-state index < -0.39 is 0 Å². The first kappa shape index (κ1) is 17.7. The fourth-order valence-electron chi connectivity index (χ4n) is 3.45. The predicted octanol–water partition coefficient (Wildman–Crippen LogP) is 1.50. The SMILES string of the molecule is CCOC(=O)C1CCCN1CC1CN(c2ccc(CN)cc2)C(=O)O1. The summed E-state index contributed by atoms with van der Waals surface area (Å²) >= 11 is 0. The van der Waals surface area contributed by atoms with Gasteiger partial charge in [-0.2, -0.15) is 0 Å². The molecule has 0 spiro atoms. The highest BCUT2D eigenvalue weighted by Crippen LogP contribution is 2.25. The van der Waals surface area contributed by atoms with Crippen molar-refractivity contribution >= 4 is 17.7 Å². The zero-order valence-electron chi connectivity index (χ0n) is 14.5. The lowest BCUT2D eigenvalue weighted by molar-refractivity contribution is -0.148. The van der Waals surface area contributed by atoms with Crippen molar-refractivity contribution < 1.29 is 19.1 Å². The number of hydrogen-bond donors (Lipinski definition) is 1.